The molecule has 0 bridgehead atoms. The van der Waals surface area contributed by atoms with Crippen LogP contribution in [0.4, 0.5) is 13.2 Å². The molecule has 1 aliphatic heterocycles. The molecule has 23 heavy (non-hydrogen) atoms. The van der Waals surface area contributed by atoms with Crippen molar-refractivity contribution in [3.63, 3.8) is 0 Å². The Balaban J connectivity index is 1.93. The molecule has 2 aromatic rings. The first kappa shape index (κ1) is 16.0. The zero-order chi connectivity index (χ0) is 16.8. The summed E-state index contributed by atoms with van der Waals surface area (Å²) >= 11 is 1.40. The molecule has 3 heterocycles. The highest BCUT2D eigenvalue weighted by Gasteiger charge is 2.40. The first-order valence-corrected chi connectivity index (χ1v) is 7.97. The maximum Gasteiger partial charge on any atom is 0.406 e. The zero-order valence-corrected chi connectivity index (χ0v) is 13.1. The number of thiophene rings is 1. The molecule has 0 spiro atoms. The molecule has 1 atom stereocenters. The Bertz CT molecular complexity index is 812. The van der Waals surface area contributed by atoms with E-state index in [0.29, 0.717) is 10.2 Å². The van der Waals surface area contributed by atoms with Crippen LogP contribution in [0.1, 0.15) is 24.3 Å². The summed E-state index contributed by atoms with van der Waals surface area (Å²) in [6.07, 6.45) is -2.24. The predicted octanol–water partition coefficient (Wildman–Crippen LogP) is 2.36. The minimum absolute atomic E-state index is 0.0165. The van der Waals surface area contributed by atoms with Crippen molar-refractivity contribution in [1.29, 1.82) is 0 Å². The molecule has 0 radical (unpaired) electrons. The fourth-order valence-electron chi connectivity index (χ4n) is 2.74. The summed E-state index contributed by atoms with van der Waals surface area (Å²) in [5.74, 6) is -0.684. The summed E-state index contributed by atoms with van der Waals surface area (Å²) in [5, 5.41) is 0.413. The molecule has 0 unspecified atom stereocenters. The molecule has 1 saturated heterocycles. The smallest absolute Gasteiger partial charge is 0.332 e. The van der Waals surface area contributed by atoms with E-state index in [4.69, 9.17) is 0 Å². The summed E-state index contributed by atoms with van der Waals surface area (Å²) in [5.41, 5.74) is -0.377. The minimum atomic E-state index is -4.44. The van der Waals surface area contributed by atoms with Crippen LogP contribution in [0.3, 0.4) is 0 Å². The third kappa shape index (κ3) is 2.97. The van der Waals surface area contributed by atoms with Crippen LogP contribution in [0.2, 0.25) is 0 Å². The third-order valence-electron chi connectivity index (χ3n) is 3.85. The van der Waals surface area contributed by atoms with Gasteiger partial charge in [0.2, 0.25) is 5.91 Å². The topological polar surface area (TPSA) is 55.2 Å². The number of hydrogen-bond donors (Lipinski definition) is 0. The second kappa shape index (κ2) is 5.63. The van der Waals surface area contributed by atoms with Gasteiger partial charge in [-0.3, -0.25) is 14.2 Å². The molecule has 5 nitrogen and oxygen atoms in total. The number of alkyl halides is 3. The molecule has 0 saturated carbocycles. The number of rotatable bonds is 3. The Morgan fingerprint density at radius 3 is 2.78 bits per heavy atom. The Morgan fingerprint density at radius 1 is 1.39 bits per heavy atom. The lowest BCUT2D eigenvalue weighted by molar-refractivity contribution is -0.158. The molecule has 0 aliphatic carbocycles. The van der Waals surface area contributed by atoms with Crippen LogP contribution >= 0.6 is 11.3 Å². The van der Waals surface area contributed by atoms with Crippen LogP contribution in [0, 0.1) is 0 Å². The first-order chi connectivity index (χ1) is 10.8. The van der Waals surface area contributed by atoms with Gasteiger partial charge in [0, 0.05) is 11.4 Å². The van der Waals surface area contributed by atoms with Gasteiger partial charge in [0.25, 0.3) is 5.56 Å². The SMILES string of the molecule is CCc1cc2c(=O)n([C@H]3CCN(CC(F)(F)F)C3=O)cnc2s1. The summed E-state index contributed by atoms with van der Waals surface area (Å²) < 4.78 is 38.6. The highest BCUT2D eigenvalue weighted by Crippen LogP contribution is 2.27. The quantitative estimate of drug-likeness (QED) is 0.858. The van der Waals surface area contributed by atoms with Gasteiger partial charge in [0.15, 0.2) is 0 Å². The number of aryl methyl sites for hydroxylation is 1. The average molecular weight is 345 g/mol. The summed E-state index contributed by atoms with van der Waals surface area (Å²) in [4.78, 5) is 31.2. The standard InChI is InChI=1S/C14H14F3N3O2S/c1-2-8-5-9-11(23-8)18-7-20(12(9)21)10-3-4-19(13(10)22)6-14(15,16)17/h5,7,10H,2-4,6H2,1H3/t10-/m0/s1. The molecular formula is C14H14F3N3O2S. The van der Waals surface area contributed by atoms with Gasteiger partial charge in [-0.2, -0.15) is 13.2 Å². The van der Waals surface area contributed by atoms with Crippen molar-refractivity contribution >= 4 is 27.5 Å². The number of nitrogens with zero attached hydrogens (tertiary/aromatic N) is 3. The molecule has 9 heteroatoms. The summed E-state index contributed by atoms with van der Waals surface area (Å²) in [6, 6.07) is 0.824. The average Bonchev–Trinajstić information content (AvgIpc) is 3.04. The number of carbonyl (C=O) groups excluding carboxylic acids is 1. The van der Waals surface area contributed by atoms with E-state index in [9.17, 15) is 22.8 Å². The molecule has 2 aromatic heterocycles. The van der Waals surface area contributed by atoms with E-state index in [-0.39, 0.29) is 18.5 Å². The second-order valence-corrected chi connectivity index (χ2v) is 6.54. The largest absolute Gasteiger partial charge is 0.406 e. The molecule has 0 aromatic carbocycles. The Labute approximate surface area is 133 Å². The first-order valence-electron chi connectivity index (χ1n) is 7.15. The Kier molecular flexibility index (Phi) is 3.91. The lowest BCUT2D eigenvalue weighted by Crippen LogP contribution is -2.38. The lowest BCUT2D eigenvalue weighted by Gasteiger charge is -2.18. The van der Waals surface area contributed by atoms with Crippen LogP contribution in [0.25, 0.3) is 10.2 Å². The van der Waals surface area contributed by atoms with Gasteiger partial charge < -0.3 is 4.90 Å². The fourth-order valence-corrected chi connectivity index (χ4v) is 3.66. The number of aromatic nitrogens is 2. The number of fused-ring (bicyclic) bond motifs is 1. The van der Waals surface area contributed by atoms with E-state index in [2.05, 4.69) is 4.98 Å². The van der Waals surface area contributed by atoms with Crippen molar-refractivity contribution in [2.45, 2.75) is 32.0 Å². The van der Waals surface area contributed by atoms with Gasteiger partial charge in [0.05, 0.1) is 11.7 Å². The molecule has 0 N–H and O–H groups in total. The van der Waals surface area contributed by atoms with Gasteiger partial charge in [-0.05, 0) is 18.9 Å². The number of halogens is 3. The van der Waals surface area contributed by atoms with E-state index in [1.165, 1.54) is 17.7 Å². The van der Waals surface area contributed by atoms with E-state index >= 15 is 0 Å². The molecule has 1 fully saturated rings. The minimum Gasteiger partial charge on any atom is -0.332 e. The monoisotopic (exact) mass is 345 g/mol. The van der Waals surface area contributed by atoms with Gasteiger partial charge in [-0.15, -0.1) is 11.3 Å². The van der Waals surface area contributed by atoms with Crippen molar-refractivity contribution in [2.75, 3.05) is 13.1 Å². The molecular weight excluding hydrogens is 331 g/mol. The lowest BCUT2D eigenvalue weighted by atomic mass is 10.2. The van der Waals surface area contributed by atoms with Crippen LogP contribution in [-0.2, 0) is 11.2 Å². The van der Waals surface area contributed by atoms with Gasteiger partial charge in [-0.25, -0.2) is 4.98 Å². The van der Waals surface area contributed by atoms with Crippen molar-refractivity contribution < 1.29 is 18.0 Å². The van der Waals surface area contributed by atoms with Crippen LogP contribution < -0.4 is 5.56 Å². The van der Waals surface area contributed by atoms with Crippen molar-refractivity contribution in [3.05, 3.63) is 27.6 Å². The van der Waals surface area contributed by atoms with Crippen molar-refractivity contribution in [2.24, 2.45) is 0 Å². The Morgan fingerprint density at radius 2 is 2.13 bits per heavy atom. The van der Waals surface area contributed by atoms with E-state index in [1.807, 2.05) is 6.92 Å². The molecule has 124 valence electrons. The summed E-state index contributed by atoms with van der Waals surface area (Å²) in [6.45, 7) is 0.654. The predicted molar refractivity (Wildman–Crippen MR) is 79.5 cm³/mol. The number of amides is 1. The molecule has 1 aliphatic rings. The number of carbonyl (C=O) groups is 1. The van der Waals surface area contributed by atoms with Crippen LogP contribution in [-0.4, -0.2) is 39.6 Å². The summed E-state index contributed by atoms with van der Waals surface area (Å²) in [7, 11) is 0. The van der Waals surface area contributed by atoms with Gasteiger partial charge in [-0.1, -0.05) is 6.92 Å². The second-order valence-electron chi connectivity index (χ2n) is 5.42. The van der Waals surface area contributed by atoms with E-state index in [1.54, 1.807) is 6.07 Å². The van der Waals surface area contributed by atoms with Crippen molar-refractivity contribution in [1.82, 2.24) is 14.5 Å². The Hall–Kier alpha value is -1.90. The maximum absolute atomic E-state index is 12.5. The third-order valence-corrected chi connectivity index (χ3v) is 5.04. The fraction of sp³-hybridized carbons (Fsp3) is 0.500. The number of hydrogen-bond acceptors (Lipinski definition) is 4. The highest BCUT2D eigenvalue weighted by molar-refractivity contribution is 7.18. The maximum atomic E-state index is 12.5. The molecule has 3 rings (SSSR count). The van der Waals surface area contributed by atoms with E-state index < -0.39 is 24.7 Å². The zero-order valence-electron chi connectivity index (χ0n) is 12.3. The highest BCUT2D eigenvalue weighted by atomic mass is 32.1. The van der Waals surface area contributed by atoms with Gasteiger partial charge in [0.1, 0.15) is 17.4 Å². The number of likely N-dealkylation sites (tertiary alicyclic amines) is 1. The van der Waals surface area contributed by atoms with Crippen molar-refractivity contribution in [3.8, 4) is 0 Å². The van der Waals surface area contributed by atoms with Crippen LogP contribution in [0.5, 0.6) is 0 Å². The molecule has 1 amide bonds. The van der Waals surface area contributed by atoms with Gasteiger partial charge >= 0.3 is 6.18 Å². The normalized spacial score (nSPS) is 19.0. The van der Waals surface area contributed by atoms with E-state index in [0.717, 1.165) is 20.8 Å². The van der Waals surface area contributed by atoms with Crippen LogP contribution in [0.15, 0.2) is 17.2 Å².